The Morgan fingerprint density at radius 1 is 0.429 bits per heavy atom. The molecule has 2 atom stereocenters. The monoisotopic (exact) mass is 393 g/mol. The molecule has 0 aliphatic rings. The second-order valence-corrected chi connectivity index (χ2v) is 9.78. The number of hydrogen-bond donors (Lipinski definition) is 0. The van der Waals surface area contributed by atoms with Crippen LogP contribution < -0.4 is 0 Å². The second kappa shape index (κ2) is 23.3. The Hall–Kier alpha value is 0. The van der Waals surface area contributed by atoms with Crippen molar-refractivity contribution in [3.05, 3.63) is 6.92 Å². The van der Waals surface area contributed by atoms with Crippen LogP contribution in [-0.2, 0) is 0 Å². The molecule has 0 saturated carbocycles. The summed E-state index contributed by atoms with van der Waals surface area (Å²) in [7, 11) is 0. The van der Waals surface area contributed by atoms with Crippen LogP contribution in [0.3, 0.4) is 0 Å². The maximum absolute atomic E-state index is 4.42. The highest BCUT2D eigenvalue weighted by atomic mass is 14.1. The summed E-state index contributed by atoms with van der Waals surface area (Å²) in [6, 6.07) is 0. The third-order valence-electron chi connectivity index (χ3n) is 6.58. The Labute approximate surface area is 181 Å². The van der Waals surface area contributed by atoms with Gasteiger partial charge in [0.1, 0.15) is 0 Å². The smallest absolute Gasteiger partial charge is 0.0414 e. The van der Waals surface area contributed by atoms with E-state index >= 15 is 0 Å². The SMILES string of the molecule is [CH2]C(CCCCCCCCCCCC)CCCCC(C)CCCCCCCC. The fraction of sp³-hybridized carbons (Fsp3) is 0.964. The molecular weight excluding hydrogens is 336 g/mol. The normalized spacial score (nSPS) is 13.7. The first-order valence-corrected chi connectivity index (χ1v) is 13.5. The highest BCUT2D eigenvalue weighted by Crippen LogP contribution is 2.21. The fourth-order valence-electron chi connectivity index (χ4n) is 4.41. The molecule has 0 amide bonds. The summed E-state index contributed by atoms with van der Waals surface area (Å²) in [5, 5.41) is 0. The molecule has 0 fully saturated rings. The van der Waals surface area contributed by atoms with Gasteiger partial charge in [-0.1, -0.05) is 169 Å². The molecule has 0 nitrogen and oxygen atoms in total. The van der Waals surface area contributed by atoms with Crippen molar-refractivity contribution >= 4 is 0 Å². The van der Waals surface area contributed by atoms with Crippen molar-refractivity contribution in [3.8, 4) is 0 Å². The Balaban J connectivity index is 3.27. The summed E-state index contributed by atoms with van der Waals surface area (Å²) in [5.41, 5.74) is 0. The van der Waals surface area contributed by atoms with Crippen molar-refractivity contribution < 1.29 is 0 Å². The lowest BCUT2D eigenvalue weighted by Gasteiger charge is -2.13. The van der Waals surface area contributed by atoms with Crippen LogP contribution in [0.4, 0.5) is 0 Å². The number of hydrogen-bond acceptors (Lipinski definition) is 0. The van der Waals surface area contributed by atoms with E-state index in [-0.39, 0.29) is 0 Å². The van der Waals surface area contributed by atoms with E-state index in [1.807, 2.05) is 0 Å². The molecule has 0 heterocycles. The van der Waals surface area contributed by atoms with Crippen molar-refractivity contribution in [1.29, 1.82) is 0 Å². The van der Waals surface area contributed by atoms with Crippen LogP contribution in [0.15, 0.2) is 0 Å². The average Bonchev–Trinajstić information content (AvgIpc) is 2.69. The lowest BCUT2D eigenvalue weighted by molar-refractivity contribution is 0.414. The topological polar surface area (TPSA) is 0 Å². The Morgan fingerprint density at radius 2 is 0.714 bits per heavy atom. The summed E-state index contributed by atoms with van der Waals surface area (Å²) in [6.07, 6.45) is 31.5. The first-order chi connectivity index (χ1) is 13.7. The van der Waals surface area contributed by atoms with Crippen molar-refractivity contribution in [2.45, 2.75) is 162 Å². The molecule has 0 spiro atoms. The molecule has 0 aromatic heterocycles. The van der Waals surface area contributed by atoms with E-state index in [1.165, 1.54) is 141 Å². The molecule has 0 aliphatic heterocycles. The van der Waals surface area contributed by atoms with E-state index in [9.17, 15) is 0 Å². The minimum Gasteiger partial charge on any atom is -0.0654 e. The second-order valence-electron chi connectivity index (χ2n) is 9.78. The lowest BCUT2D eigenvalue weighted by atomic mass is 9.93. The number of rotatable bonds is 23. The van der Waals surface area contributed by atoms with Gasteiger partial charge in [0.25, 0.3) is 0 Å². The molecule has 0 rings (SSSR count). The van der Waals surface area contributed by atoms with Crippen molar-refractivity contribution in [2.24, 2.45) is 11.8 Å². The molecule has 169 valence electrons. The van der Waals surface area contributed by atoms with Gasteiger partial charge in [0.05, 0.1) is 0 Å². The highest BCUT2D eigenvalue weighted by Gasteiger charge is 2.05. The zero-order valence-corrected chi connectivity index (χ0v) is 20.4. The van der Waals surface area contributed by atoms with Gasteiger partial charge >= 0.3 is 0 Å². The van der Waals surface area contributed by atoms with E-state index in [4.69, 9.17) is 0 Å². The molecule has 0 bridgehead atoms. The predicted octanol–water partition coefficient (Wildman–Crippen LogP) is 10.7. The van der Waals surface area contributed by atoms with Gasteiger partial charge in [-0.2, -0.15) is 0 Å². The third-order valence-corrected chi connectivity index (χ3v) is 6.58. The average molecular weight is 394 g/mol. The molecule has 0 aromatic carbocycles. The van der Waals surface area contributed by atoms with E-state index < -0.39 is 0 Å². The van der Waals surface area contributed by atoms with E-state index in [0.717, 1.165) is 5.92 Å². The molecule has 2 unspecified atom stereocenters. The Kier molecular flexibility index (Phi) is 23.3. The summed E-state index contributed by atoms with van der Waals surface area (Å²) >= 11 is 0. The third kappa shape index (κ3) is 22.3. The molecule has 0 aliphatic carbocycles. The largest absolute Gasteiger partial charge is 0.0654 e. The van der Waals surface area contributed by atoms with Gasteiger partial charge in [0.2, 0.25) is 0 Å². The molecule has 0 saturated heterocycles. The minimum absolute atomic E-state index is 0.711. The first kappa shape index (κ1) is 28.0. The van der Waals surface area contributed by atoms with Crippen LogP contribution in [0.25, 0.3) is 0 Å². The zero-order valence-electron chi connectivity index (χ0n) is 20.4. The Bertz CT molecular complexity index is 269. The van der Waals surface area contributed by atoms with Crippen LogP contribution in [0.2, 0.25) is 0 Å². The summed E-state index contributed by atoms with van der Waals surface area (Å²) < 4.78 is 0. The zero-order chi connectivity index (χ0) is 20.7. The maximum atomic E-state index is 4.42. The van der Waals surface area contributed by atoms with Crippen LogP contribution in [0.1, 0.15) is 162 Å². The number of unbranched alkanes of at least 4 members (excludes halogenated alkanes) is 15. The van der Waals surface area contributed by atoms with E-state index in [2.05, 4.69) is 27.7 Å². The summed E-state index contributed by atoms with van der Waals surface area (Å²) in [4.78, 5) is 0. The van der Waals surface area contributed by atoms with Gasteiger partial charge in [-0.15, -0.1) is 0 Å². The predicted molar refractivity (Wildman–Crippen MR) is 131 cm³/mol. The molecule has 0 heteroatoms. The minimum atomic E-state index is 0.711. The first-order valence-electron chi connectivity index (χ1n) is 13.5. The highest BCUT2D eigenvalue weighted by molar-refractivity contribution is 4.63. The molecule has 0 aromatic rings. The van der Waals surface area contributed by atoms with Gasteiger partial charge < -0.3 is 0 Å². The quantitative estimate of drug-likeness (QED) is 0.151. The maximum Gasteiger partial charge on any atom is -0.0414 e. The van der Waals surface area contributed by atoms with Gasteiger partial charge in [-0.25, -0.2) is 0 Å². The van der Waals surface area contributed by atoms with Crippen molar-refractivity contribution in [1.82, 2.24) is 0 Å². The molecule has 0 N–H and O–H groups in total. The summed E-state index contributed by atoms with van der Waals surface area (Å²) in [6.45, 7) is 11.5. The van der Waals surface area contributed by atoms with Gasteiger partial charge in [0.15, 0.2) is 0 Å². The van der Waals surface area contributed by atoms with Crippen LogP contribution in [0.5, 0.6) is 0 Å². The Morgan fingerprint density at radius 3 is 1.14 bits per heavy atom. The van der Waals surface area contributed by atoms with Gasteiger partial charge in [-0.05, 0) is 11.8 Å². The fourth-order valence-corrected chi connectivity index (χ4v) is 4.41. The van der Waals surface area contributed by atoms with Gasteiger partial charge in [-0.3, -0.25) is 0 Å². The van der Waals surface area contributed by atoms with Crippen LogP contribution >= 0.6 is 0 Å². The van der Waals surface area contributed by atoms with E-state index in [1.54, 1.807) is 0 Å². The lowest BCUT2D eigenvalue weighted by Crippen LogP contribution is -1.98. The van der Waals surface area contributed by atoms with Crippen LogP contribution in [-0.4, -0.2) is 0 Å². The molecule has 1 radical (unpaired) electrons. The van der Waals surface area contributed by atoms with Crippen molar-refractivity contribution in [2.75, 3.05) is 0 Å². The van der Waals surface area contributed by atoms with Gasteiger partial charge in [0, 0.05) is 0 Å². The van der Waals surface area contributed by atoms with E-state index in [0.29, 0.717) is 5.92 Å². The molecular formula is C28H57. The van der Waals surface area contributed by atoms with Crippen molar-refractivity contribution in [3.63, 3.8) is 0 Å². The summed E-state index contributed by atoms with van der Waals surface area (Å²) in [5.74, 6) is 1.65. The standard InChI is InChI=1S/C28H57/c1-5-7-9-11-13-14-15-16-18-20-24-28(4)26-22-21-25-27(3)23-19-17-12-10-8-6-2/h27-28H,4-26H2,1-3H3. The molecule has 28 heavy (non-hydrogen) atoms. The van der Waals surface area contributed by atoms with Crippen LogP contribution in [0, 0.1) is 18.8 Å².